The fourth-order valence-electron chi connectivity index (χ4n) is 1.81. The van der Waals surface area contributed by atoms with E-state index in [1.54, 1.807) is 13.2 Å². The highest BCUT2D eigenvalue weighted by atomic mass is 16.5. The quantitative estimate of drug-likeness (QED) is 0.661. The van der Waals surface area contributed by atoms with Gasteiger partial charge in [0.05, 0.1) is 5.60 Å². The standard InChI is InChI=1S/C16H16O2.C5H12O/c1-12(2)15-9-8-13(11-17)10-16(15)18-14-6-4-3-5-7-14;1-5(2,3)6-4/h3-12H,1-2H3;1-4H3. The Hall–Kier alpha value is -2.13. The molecule has 0 N–H and O–H groups in total. The first-order valence-corrected chi connectivity index (χ1v) is 8.14. The number of carbonyl (C=O) groups excluding carboxylic acids is 1. The van der Waals surface area contributed by atoms with Crippen LogP contribution in [0.4, 0.5) is 0 Å². The van der Waals surface area contributed by atoms with Crippen LogP contribution in [0, 0.1) is 0 Å². The molecule has 3 nitrogen and oxygen atoms in total. The lowest BCUT2D eigenvalue weighted by atomic mass is 10.0. The minimum Gasteiger partial charge on any atom is -0.457 e. The Morgan fingerprint density at radius 2 is 1.58 bits per heavy atom. The van der Waals surface area contributed by atoms with Gasteiger partial charge in [0, 0.05) is 12.7 Å². The minimum absolute atomic E-state index is 0.0417. The molecule has 0 aliphatic heterocycles. The molecule has 0 fully saturated rings. The zero-order valence-corrected chi connectivity index (χ0v) is 15.5. The number of carbonyl (C=O) groups is 1. The summed E-state index contributed by atoms with van der Waals surface area (Å²) >= 11 is 0. The number of rotatable bonds is 4. The zero-order chi connectivity index (χ0) is 18.2. The lowest BCUT2D eigenvalue weighted by molar-refractivity contribution is 0.0397. The summed E-state index contributed by atoms with van der Waals surface area (Å²) in [5.74, 6) is 1.88. The second-order valence-corrected chi connectivity index (χ2v) is 6.80. The molecule has 24 heavy (non-hydrogen) atoms. The Morgan fingerprint density at radius 3 is 2.04 bits per heavy atom. The van der Waals surface area contributed by atoms with Gasteiger partial charge in [-0.1, -0.05) is 44.2 Å². The maximum atomic E-state index is 10.8. The van der Waals surface area contributed by atoms with Gasteiger partial charge < -0.3 is 9.47 Å². The summed E-state index contributed by atoms with van der Waals surface area (Å²) in [7, 11) is 1.71. The Labute approximate surface area is 145 Å². The van der Waals surface area contributed by atoms with Crippen LogP contribution in [-0.2, 0) is 4.74 Å². The second kappa shape index (κ2) is 9.24. The number of methoxy groups -OCH3 is 1. The van der Waals surface area contributed by atoms with Crippen molar-refractivity contribution >= 4 is 6.29 Å². The smallest absolute Gasteiger partial charge is 0.150 e. The van der Waals surface area contributed by atoms with Gasteiger partial charge in [0.15, 0.2) is 0 Å². The molecule has 0 bridgehead atoms. The molecule has 3 heteroatoms. The van der Waals surface area contributed by atoms with E-state index in [0.29, 0.717) is 11.5 Å². The maximum absolute atomic E-state index is 10.8. The maximum Gasteiger partial charge on any atom is 0.150 e. The molecule has 0 saturated carbocycles. The van der Waals surface area contributed by atoms with Gasteiger partial charge in [-0.25, -0.2) is 0 Å². The number of para-hydroxylation sites is 1. The van der Waals surface area contributed by atoms with Crippen LogP contribution in [0.5, 0.6) is 11.5 Å². The van der Waals surface area contributed by atoms with E-state index in [9.17, 15) is 4.79 Å². The van der Waals surface area contributed by atoms with Crippen LogP contribution >= 0.6 is 0 Å². The largest absolute Gasteiger partial charge is 0.457 e. The predicted molar refractivity (Wildman–Crippen MR) is 99.2 cm³/mol. The van der Waals surface area contributed by atoms with Crippen molar-refractivity contribution in [3.63, 3.8) is 0 Å². The van der Waals surface area contributed by atoms with Crippen molar-refractivity contribution in [3.05, 3.63) is 59.7 Å². The van der Waals surface area contributed by atoms with Gasteiger partial charge in [0.2, 0.25) is 0 Å². The van der Waals surface area contributed by atoms with Crippen molar-refractivity contribution in [2.24, 2.45) is 0 Å². The van der Waals surface area contributed by atoms with Crippen molar-refractivity contribution in [1.29, 1.82) is 0 Å². The van der Waals surface area contributed by atoms with Crippen LogP contribution in [0.1, 0.15) is 56.5 Å². The lowest BCUT2D eigenvalue weighted by Crippen LogP contribution is -2.15. The van der Waals surface area contributed by atoms with Crippen LogP contribution in [0.3, 0.4) is 0 Å². The van der Waals surface area contributed by atoms with Crippen molar-refractivity contribution < 1.29 is 14.3 Å². The van der Waals surface area contributed by atoms with E-state index in [2.05, 4.69) is 13.8 Å². The Morgan fingerprint density at radius 1 is 1.00 bits per heavy atom. The van der Waals surface area contributed by atoms with Crippen molar-refractivity contribution in [2.45, 2.75) is 46.1 Å². The molecule has 0 aliphatic rings. The molecule has 0 unspecified atom stereocenters. The van der Waals surface area contributed by atoms with Gasteiger partial charge in [0.1, 0.15) is 17.8 Å². The van der Waals surface area contributed by atoms with Crippen LogP contribution < -0.4 is 4.74 Å². The van der Waals surface area contributed by atoms with E-state index in [0.717, 1.165) is 23.3 Å². The molecule has 0 aromatic heterocycles. The van der Waals surface area contributed by atoms with Crippen molar-refractivity contribution in [2.75, 3.05) is 7.11 Å². The van der Waals surface area contributed by atoms with Crippen LogP contribution in [0.15, 0.2) is 48.5 Å². The molecule has 0 atom stereocenters. The lowest BCUT2D eigenvalue weighted by Gasteiger charge is -2.14. The van der Waals surface area contributed by atoms with E-state index in [4.69, 9.17) is 9.47 Å². The number of hydrogen-bond donors (Lipinski definition) is 0. The minimum atomic E-state index is 0.0417. The molecule has 130 valence electrons. The highest BCUT2D eigenvalue weighted by Crippen LogP contribution is 2.31. The first-order valence-electron chi connectivity index (χ1n) is 8.14. The monoisotopic (exact) mass is 328 g/mol. The van der Waals surface area contributed by atoms with Crippen LogP contribution in [0.25, 0.3) is 0 Å². The molecule has 0 heterocycles. The normalized spacial score (nSPS) is 10.8. The summed E-state index contributed by atoms with van der Waals surface area (Å²) in [6.45, 7) is 10.3. The fourth-order valence-corrected chi connectivity index (χ4v) is 1.81. The molecule has 0 radical (unpaired) electrons. The summed E-state index contributed by atoms with van der Waals surface area (Å²) in [6.07, 6.45) is 0.835. The molecule has 2 aromatic rings. The number of benzene rings is 2. The van der Waals surface area contributed by atoms with E-state index >= 15 is 0 Å². The predicted octanol–water partition coefficient (Wildman–Crippen LogP) is 5.85. The number of ether oxygens (including phenoxy) is 2. The Kier molecular flexibility index (Phi) is 7.66. The number of aldehydes is 1. The molecular weight excluding hydrogens is 300 g/mol. The summed E-state index contributed by atoms with van der Waals surface area (Å²) in [4.78, 5) is 10.8. The average molecular weight is 328 g/mol. The molecule has 2 aromatic carbocycles. The van der Waals surface area contributed by atoms with Gasteiger partial charge in [-0.15, -0.1) is 0 Å². The number of hydrogen-bond acceptors (Lipinski definition) is 3. The molecule has 0 aliphatic carbocycles. The molecular formula is C21H28O3. The van der Waals surface area contributed by atoms with E-state index in [-0.39, 0.29) is 5.60 Å². The fraction of sp³-hybridized carbons (Fsp3) is 0.381. The first kappa shape index (κ1) is 19.9. The molecule has 0 spiro atoms. The molecule has 0 amide bonds. The molecule has 2 rings (SSSR count). The van der Waals surface area contributed by atoms with Gasteiger partial charge >= 0.3 is 0 Å². The highest BCUT2D eigenvalue weighted by Gasteiger charge is 2.09. The SMILES string of the molecule is CC(C)c1ccc(C=O)cc1Oc1ccccc1.COC(C)(C)C. The van der Waals surface area contributed by atoms with Gasteiger partial charge in [-0.2, -0.15) is 0 Å². The summed E-state index contributed by atoms with van der Waals surface area (Å²) in [6, 6.07) is 15.2. The van der Waals surface area contributed by atoms with Crippen LogP contribution in [0.2, 0.25) is 0 Å². The van der Waals surface area contributed by atoms with Gasteiger partial charge in [-0.3, -0.25) is 4.79 Å². The highest BCUT2D eigenvalue weighted by molar-refractivity contribution is 5.76. The topological polar surface area (TPSA) is 35.5 Å². The van der Waals surface area contributed by atoms with Crippen LogP contribution in [-0.4, -0.2) is 19.0 Å². The van der Waals surface area contributed by atoms with E-state index < -0.39 is 0 Å². The molecule has 0 saturated heterocycles. The Balaban J connectivity index is 0.000000413. The van der Waals surface area contributed by atoms with Crippen molar-refractivity contribution in [3.8, 4) is 11.5 Å². The van der Waals surface area contributed by atoms with E-state index in [1.165, 1.54) is 0 Å². The van der Waals surface area contributed by atoms with Gasteiger partial charge in [-0.05, 0) is 50.5 Å². The summed E-state index contributed by atoms with van der Waals surface area (Å²) < 4.78 is 10.8. The summed E-state index contributed by atoms with van der Waals surface area (Å²) in [5.41, 5.74) is 1.77. The third-order valence-corrected chi connectivity index (χ3v) is 3.38. The third kappa shape index (κ3) is 6.97. The van der Waals surface area contributed by atoms with E-state index in [1.807, 2.05) is 63.2 Å². The third-order valence-electron chi connectivity index (χ3n) is 3.38. The van der Waals surface area contributed by atoms with Crippen molar-refractivity contribution in [1.82, 2.24) is 0 Å². The average Bonchev–Trinajstić information content (AvgIpc) is 2.55. The zero-order valence-electron chi connectivity index (χ0n) is 15.5. The van der Waals surface area contributed by atoms with Gasteiger partial charge in [0.25, 0.3) is 0 Å². The Bertz CT molecular complexity index is 625. The second-order valence-electron chi connectivity index (χ2n) is 6.80. The summed E-state index contributed by atoms with van der Waals surface area (Å²) in [5, 5.41) is 0. The first-order chi connectivity index (χ1) is 11.3.